The molecule has 1 aliphatic rings. The summed E-state index contributed by atoms with van der Waals surface area (Å²) in [5.41, 5.74) is 22.7. The zero-order valence-corrected chi connectivity index (χ0v) is 45.2. The van der Waals surface area contributed by atoms with E-state index in [1.807, 2.05) is 12.1 Å². The molecule has 0 fully saturated rings. The summed E-state index contributed by atoms with van der Waals surface area (Å²) >= 11 is 7.09. The molecule has 0 aliphatic heterocycles. The first-order chi connectivity index (χ1) is 38.0. The monoisotopic (exact) mass is 1110 g/mol. The highest BCUT2D eigenvalue weighted by molar-refractivity contribution is 9.10. The van der Waals surface area contributed by atoms with Gasteiger partial charge in [-0.25, -0.2) is 0 Å². The number of aromatic amines is 1. The molecule has 4 heteroatoms. The third kappa shape index (κ3) is 9.31. The van der Waals surface area contributed by atoms with Gasteiger partial charge in [-0.3, -0.25) is 0 Å². The third-order valence-corrected chi connectivity index (χ3v) is 15.9. The number of aromatic nitrogens is 2. The molecule has 14 aromatic rings. The molecule has 0 radical (unpaired) electrons. The van der Waals surface area contributed by atoms with Gasteiger partial charge < -0.3 is 9.55 Å². The molecule has 0 saturated carbocycles. The number of nitrogens with one attached hydrogen (secondary N) is 1. The van der Waals surface area contributed by atoms with Crippen molar-refractivity contribution in [2.75, 3.05) is 0 Å². The molecule has 0 bridgehead atoms. The van der Waals surface area contributed by atoms with Crippen LogP contribution in [0.4, 0.5) is 0 Å². The van der Waals surface area contributed by atoms with E-state index in [1.165, 1.54) is 122 Å². The molecule has 0 atom stereocenters. The Balaban J connectivity index is 0.000000140. The summed E-state index contributed by atoms with van der Waals surface area (Å²) in [7, 11) is 0. The average Bonchev–Trinajstić information content (AvgIpc) is 4.19. The molecule has 2 nitrogen and oxygen atoms in total. The van der Waals surface area contributed by atoms with Crippen molar-refractivity contribution in [1.29, 1.82) is 0 Å². The average molecular weight is 1120 g/mol. The van der Waals surface area contributed by atoms with Crippen molar-refractivity contribution in [3.8, 4) is 61.3 Å². The normalized spacial score (nSPS) is 11.7. The fraction of sp³-hybridized carbons (Fsp3) is 0.0137. The maximum absolute atomic E-state index is 3.54. The van der Waals surface area contributed by atoms with E-state index in [4.69, 9.17) is 0 Å². The van der Waals surface area contributed by atoms with Crippen LogP contribution >= 0.6 is 31.9 Å². The Labute approximate surface area is 465 Å². The van der Waals surface area contributed by atoms with Crippen molar-refractivity contribution < 1.29 is 0 Å². The molecule has 1 aliphatic carbocycles. The van der Waals surface area contributed by atoms with Crippen molar-refractivity contribution in [2.45, 2.75) is 5.92 Å². The lowest BCUT2D eigenvalue weighted by Gasteiger charge is -2.17. The van der Waals surface area contributed by atoms with E-state index in [0.717, 1.165) is 8.95 Å². The Morgan fingerprint density at radius 1 is 0.286 bits per heavy atom. The zero-order valence-electron chi connectivity index (χ0n) is 42.0. The molecule has 0 unspecified atom stereocenters. The van der Waals surface area contributed by atoms with Gasteiger partial charge in [-0.05, 0) is 133 Å². The molecule has 0 amide bonds. The van der Waals surface area contributed by atoms with Gasteiger partial charge in [0.15, 0.2) is 0 Å². The standard InChI is InChI=1S/C43H29N.C18H12Br2.C12H9N/c1-2-18-34(30-14-12-16-32(28-30)44-41-25-9-7-21-37(41)38-22-8-10-26-42(38)44)33(17-1)29-13-11-15-31(27-29)43-39-23-5-3-19-35(39)36-20-4-6-24-40(36)43;19-15-7-3-5-13(11-15)17-9-1-2-10-18(17)14-6-4-8-16(20)12-14;1-3-7-11-9(5-1)10-6-2-4-8-12(10)13-11/h1-28,43H;1-12H;1-8,13H. The lowest BCUT2D eigenvalue weighted by Crippen LogP contribution is -1.99. The Morgan fingerprint density at radius 3 is 1.13 bits per heavy atom. The van der Waals surface area contributed by atoms with Gasteiger partial charge in [-0.2, -0.15) is 0 Å². The van der Waals surface area contributed by atoms with Crippen LogP contribution in [0.2, 0.25) is 0 Å². The van der Waals surface area contributed by atoms with Gasteiger partial charge in [0.05, 0.1) is 11.0 Å². The van der Waals surface area contributed by atoms with Crippen LogP contribution in [0.25, 0.3) is 105 Å². The quantitative estimate of drug-likeness (QED) is 0.171. The van der Waals surface area contributed by atoms with Crippen LogP contribution in [0, 0.1) is 0 Å². The van der Waals surface area contributed by atoms with E-state index in [9.17, 15) is 0 Å². The number of hydrogen-bond acceptors (Lipinski definition) is 0. The summed E-state index contributed by atoms with van der Waals surface area (Å²) < 4.78 is 4.59. The second kappa shape index (κ2) is 21.1. The summed E-state index contributed by atoms with van der Waals surface area (Å²) in [6.07, 6.45) is 0. The first-order valence-electron chi connectivity index (χ1n) is 26.1. The molecule has 0 saturated heterocycles. The number of H-pyrrole nitrogens is 1. The molecular formula is C73H50Br2N2. The lowest BCUT2D eigenvalue weighted by atomic mass is 9.86. The molecule has 0 spiro atoms. The molecular weight excluding hydrogens is 1060 g/mol. The Bertz CT molecular complexity index is 4250. The lowest BCUT2D eigenvalue weighted by molar-refractivity contribution is 1.02. The van der Waals surface area contributed by atoms with Crippen molar-refractivity contribution >= 4 is 75.5 Å². The summed E-state index contributed by atoms with van der Waals surface area (Å²) in [5.74, 6) is 0.230. The summed E-state index contributed by atoms with van der Waals surface area (Å²) in [4.78, 5) is 3.38. The molecule has 12 aromatic carbocycles. The van der Waals surface area contributed by atoms with E-state index < -0.39 is 0 Å². The topological polar surface area (TPSA) is 20.7 Å². The van der Waals surface area contributed by atoms with Crippen LogP contribution in [-0.2, 0) is 0 Å². The number of rotatable bonds is 6. The van der Waals surface area contributed by atoms with Gasteiger partial charge in [0, 0.05) is 53.1 Å². The number of fused-ring (bicyclic) bond motifs is 9. The SMILES string of the molecule is Brc1cccc(-c2ccccc2-c2cccc(Br)c2)c1.c1cc(-c2ccccc2-c2cccc(-n3c4ccccc4c4ccccc43)c2)cc(C2c3ccccc3-c3ccccc32)c1.c1ccc2c(c1)[nH]c1ccccc12. The van der Waals surface area contributed by atoms with Gasteiger partial charge >= 0.3 is 0 Å². The van der Waals surface area contributed by atoms with E-state index in [0.29, 0.717) is 0 Å². The highest BCUT2D eigenvalue weighted by Gasteiger charge is 2.29. The maximum atomic E-state index is 3.54. The number of hydrogen-bond donors (Lipinski definition) is 1. The smallest absolute Gasteiger partial charge is 0.0541 e. The van der Waals surface area contributed by atoms with Crippen molar-refractivity contribution in [2.24, 2.45) is 0 Å². The van der Waals surface area contributed by atoms with Crippen LogP contribution in [0.5, 0.6) is 0 Å². The minimum absolute atomic E-state index is 0.230. The Hall–Kier alpha value is -8.80. The Kier molecular flexibility index (Phi) is 13.1. The maximum Gasteiger partial charge on any atom is 0.0541 e. The highest BCUT2D eigenvalue weighted by atomic mass is 79.9. The minimum atomic E-state index is 0.230. The van der Waals surface area contributed by atoms with Gasteiger partial charge in [0.25, 0.3) is 0 Å². The van der Waals surface area contributed by atoms with Crippen LogP contribution < -0.4 is 0 Å². The largest absolute Gasteiger partial charge is 0.355 e. The van der Waals surface area contributed by atoms with E-state index in [1.54, 1.807) is 0 Å². The van der Waals surface area contributed by atoms with Gasteiger partial charge in [-0.15, -0.1) is 0 Å². The van der Waals surface area contributed by atoms with Gasteiger partial charge in [0.1, 0.15) is 0 Å². The van der Waals surface area contributed by atoms with Gasteiger partial charge in [-0.1, -0.05) is 262 Å². The summed E-state index contributed by atoms with van der Waals surface area (Å²) in [6, 6.07) is 104. The predicted molar refractivity (Wildman–Crippen MR) is 333 cm³/mol. The summed E-state index contributed by atoms with van der Waals surface area (Å²) in [6.45, 7) is 0. The van der Waals surface area contributed by atoms with Gasteiger partial charge in [0.2, 0.25) is 0 Å². The van der Waals surface area contributed by atoms with Crippen LogP contribution in [0.1, 0.15) is 22.6 Å². The second-order valence-corrected chi connectivity index (χ2v) is 21.3. The van der Waals surface area contributed by atoms with Crippen molar-refractivity contribution in [3.05, 3.63) is 317 Å². The van der Waals surface area contributed by atoms with E-state index in [2.05, 4.69) is 320 Å². The molecule has 366 valence electrons. The molecule has 2 heterocycles. The highest BCUT2D eigenvalue weighted by Crippen LogP contribution is 2.49. The van der Waals surface area contributed by atoms with Crippen LogP contribution in [0.3, 0.4) is 0 Å². The molecule has 1 N–H and O–H groups in total. The van der Waals surface area contributed by atoms with Crippen LogP contribution in [-0.4, -0.2) is 9.55 Å². The number of halogens is 2. The second-order valence-electron chi connectivity index (χ2n) is 19.5. The number of benzene rings is 12. The minimum Gasteiger partial charge on any atom is -0.355 e. The van der Waals surface area contributed by atoms with Crippen molar-refractivity contribution in [1.82, 2.24) is 9.55 Å². The molecule has 77 heavy (non-hydrogen) atoms. The first kappa shape index (κ1) is 47.9. The first-order valence-corrected chi connectivity index (χ1v) is 27.7. The third-order valence-electron chi connectivity index (χ3n) is 14.9. The zero-order chi connectivity index (χ0) is 51.7. The van der Waals surface area contributed by atoms with E-state index in [-0.39, 0.29) is 5.92 Å². The van der Waals surface area contributed by atoms with Crippen LogP contribution in [0.15, 0.2) is 300 Å². The molecule has 2 aromatic heterocycles. The summed E-state index contributed by atoms with van der Waals surface area (Å²) in [5, 5.41) is 5.16. The van der Waals surface area contributed by atoms with E-state index >= 15 is 0 Å². The fourth-order valence-electron chi connectivity index (χ4n) is 11.5. The number of nitrogens with zero attached hydrogens (tertiary/aromatic N) is 1. The molecule has 15 rings (SSSR count). The number of para-hydroxylation sites is 4. The fourth-order valence-corrected chi connectivity index (χ4v) is 12.3. The van der Waals surface area contributed by atoms with Crippen molar-refractivity contribution in [3.63, 3.8) is 0 Å². The predicted octanol–water partition coefficient (Wildman–Crippen LogP) is 21.1. The Morgan fingerprint density at radius 2 is 0.649 bits per heavy atom.